The van der Waals surface area contributed by atoms with Gasteiger partial charge in [0.2, 0.25) is 0 Å². The SMILES string of the molecule is Cn1c(=O)oc2cc(F)c(S(=O)(=O)Cc3ccc(F)cc3)cc21. The van der Waals surface area contributed by atoms with Crippen molar-refractivity contribution in [2.45, 2.75) is 10.6 Å². The van der Waals surface area contributed by atoms with Crippen molar-refractivity contribution >= 4 is 20.9 Å². The van der Waals surface area contributed by atoms with Gasteiger partial charge in [-0.1, -0.05) is 12.1 Å². The normalized spacial score (nSPS) is 12.0. The molecule has 0 amide bonds. The molecule has 120 valence electrons. The van der Waals surface area contributed by atoms with Gasteiger partial charge in [0.05, 0.1) is 11.3 Å². The van der Waals surface area contributed by atoms with Gasteiger partial charge in [-0.05, 0) is 23.8 Å². The third kappa shape index (κ3) is 2.77. The Morgan fingerprint density at radius 2 is 1.78 bits per heavy atom. The molecule has 3 aromatic rings. The highest BCUT2D eigenvalue weighted by atomic mass is 32.2. The zero-order chi connectivity index (χ0) is 16.8. The summed E-state index contributed by atoms with van der Waals surface area (Å²) in [4.78, 5) is 10.9. The molecule has 0 aliphatic heterocycles. The number of sulfone groups is 1. The van der Waals surface area contributed by atoms with Gasteiger partial charge in [-0.2, -0.15) is 0 Å². The molecule has 0 spiro atoms. The van der Waals surface area contributed by atoms with Crippen LogP contribution in [0.25, 0.3) is 11.1 Å². The lowest BCUT2D eigenvalue weighted by Gasteiger charge is -2.06. The minimum atomic E-state index is -4.01. The van der Waals surface area contributed by atoms with Gasteiger partial charge in [-0.3, -0.25) is 4.57 Å². The molecule has 0 saturated carbocycles. The molecule has 0 atom stereocenters. The van der Waals surface area contributed by atoms with E-state index in [4.69, 9.17) is 4.42 Å². The average molecular weight is 339 g/mol. The first kappa shape index (κ1) is 15.4. The number of aromatic nitrogens is 1. The second-order valence-corrected chi connectivity index (χ2v) is 7.02. The molecule has 5 nitrogen and oxygen atoms in total. The van der Waals surface area contributed by atoms with Crippen LogP contribution in [0.3, 0.4) is 0 Å². The fraction of sp³-hybridized carbons (Fsp3) is 0.133. The monoisotopic (exact) mass is 339 g/mol. The second kappa shape index (κ2) is 5.31. The van der Waals surface area contributed by atoms with Crippen molar-refractivity contribution in [3.63, 3.8) is 0 Å². The van der Waals surface area contributed by atoms with Gasteiger partial charge >= 0.3 is 5.76 Å². The zero-order valence-electron chi connectivity index (χ0n) is 11.9. The highest BCUT2D eigenvalue weighted by Crippen LogP contribution is 2.25. The minimum Gasteiger partial charge on any atom is -0.408 e. The Balaban J connectivity index is 2.10. The third-order valence-corrected chi connectivity index (χ3v) is 5.15. The molecule has 0 aliphatic rings. The van der Waals surface area contributed by atoms with E-state index in [1.54, 1.807) is 0 Å². The fourth-order valence-corrected chi connectivity index (χ4v) is 3.68. The summed E-state index contributed by atoms with van der Waals surface area (Å²) in [7, 11) is -2.62. The molecule has 0 radical (unpaired) electrons. The van der Waals surface area contributed by atoms with Gasteiger partial charge in [0.1, 0.15) is 16.5 Å². The quantitative estimate of drug-likeness (QED) is 0.735. The molecule has 0 fully saturated rings. The molecular formula is C15H11F2NO4S. The maximum atomic E-state index is 14.1. The van der Waals surface area contributed by atoms with Crippen LogP contribution in [-0.4, -0.2) is 13.0 Å². The van der Waals surface area contributed by atoms with Gasteiger partial charge in [-0.25, -0.2) is 22.0 Å². The molecule has 0 aliphatic carbocycles. The van der Waals surface area contributed by atoms with E-state index in [0.717, 1.165) is 28.8 Å². The van der Waals surface area contributed by atoms with Crippen molar-refractivity contribution < 1.29 is 21.6 Å². The van der Waals surface area contributed by atoms with Crippen molar-refractivity contribution in [1.29, 1.82) is 0 Å². The number of oxazole rings is 1. The van der Waals surface area contributed by atoms with E-state index in [-0.39, 0.29) is 11.1 Å². The number of halogens is 2. The largest absolute Gasteiger partial charge is 0.419 e. The number of rotatable bonds is 3. The van der Waals surface area contributed by atoms with Crippen molar-refractivity contribution in [1.82, 2.24) is 4.57 Å². The number of fused-ring (bicyclic) bond motifs is 1. The Morgan fingerprint density at radius 1 is 1.13 bits per heavy atom. The van der Waals surface area contributed by atoms with Crippen molar-refractivity contribution in [3.8, 4) is 0 Å². The Hall–Kier alpha value is -2.48. The molecule has 0 bridgehead atoms. The molecule has 1 heterocycles. The van der Waals surface area contributed by atoms with Crippen LogP contribution < -0.4 is 5.76 Å². The first-order chi connectivity index (χ1) is 10.8. The summed E-state index contributed by atoms with van der Waals surface area (Å²) in [5, 5.41) is 0. The maximum absolute atomic E-state index is 14.1. The molecule has 0 N–H and O–H groups in total. The first-order valence-corrected chi connectivity index (χ1v) is 8.19. The Morgan fingerprint density at radius 3 is 2.43 bits per heavy atom. The van der Waals surface area contributed by atoms with Gasteiger partial charge in [0.15, 0.2) is 15.4 Å². The van der Waals surface area contributed by atoms with Crippen LogP contribution in [0.15, 0.2) is 50.5 Å². The molecule has 8 heteroatoms. The van der Waals surface area contributed by atoms with Crippen LogP contribution in [0.1, 0.15) is 5.56 Å². The summed E-state index contributed by atoms with van der Waals surface area (Å²) < 4.78 is 57.7. The van der Waals surface area contributed by atoms with E-state index in [2.05, 4.69) is 0 Å². The molecular weight excluding hydrogens is 328 g/mol. The standard InChI is InChI=1S/C15H11F2NO4S/c1-18-12-7-14(11(17)6-13(12)22-15(18)19)23(20,21)8-9-2-4-10(16)5-3-9/h2-7H,8H2,1H3. The highest BCUT2D eigenvalue weighted by molar-refractivity contribution is 7.90. The van der Waals surface area contributed by atoms with Gasteiger partial charge in [0.25, 0.3) is 0 Å². The predicted octanol–water partition coefficient (Wildman–Crippen LogP) is 2.38. The summed E-state index contributed by atoms with van der Waals surface area (Å²) in [5.74, 6) is -2.70. The van der Waals surface area contributed by atoms with Crippen molar-refractivity contribution in [3.05, 3.63) is 64.1 Å². The van der Waals surface area contributed by atoms with E-state index in [1.807, 2.05) is 0 Å². The number of nitrogens with zero attached hydrogens (tertiary/aromatic N) is 1. The van der Waals surface area contributed by atoms with Crippen LogP contribution in [0, 0.1) is 11.6 Å². The van der Waals surface area contributed by atoms with Crippen LogP contribution in [0.4, 0.5) is 8.78 Å². The van der Waals surface area contributed by atoms with Gasteiger partial charge < -0.3 is 4.42 Å². The molecule has 1 aromatic heterocycles. The lowest BCUT2D eigenvalue weighted by Crippen LogP contribution is -2.10. The smallest absolute Gasteiger partial charge is 0.408 e. The number of hydrogen-bond acceptors (Lipinski definition) is 4. The van der Waals surface area contributed by atoms with E-state index in [9.17, 15) is 22.0 Å². The fourth-order valence-electron chi connectivity index (χ4n) is 2.25. The minimum absolute atomic E-state index is 0.0317. The van der Waals surface area contributed by atoms with Crippen LogP contribution in [-0.2, 0) is 22.6 Å². The van der Waals surface area contributed by atoms with E-state index >= 15 is 0 Å². The Labute approximate surface area is 129 Å². The molecule has 0 unspecified atom stereocenters. The Kier molecular flexibility index (Phi) is 3.56. The Bertz CT molecular complexity index is 1050. The van der Waals surface area contributed by atoms with E-state index in [1.165, 1.54) is 19.2 Å². The van der Waals surface area contributed by atoms with Gasteiger partial charge in [0, 0.05) is 13.1 Å². The second-order valence-electron chi connectivity index (χ2n) is 5.06. The van der Waals surface area contributed by atoms with Crippen molar-refractivity contribution in [2.24, 2.45) is 7.05 Å². The van der Waals surface area contributed by atoms with E-state index < -0.39 is 37.9 Å². The molecule has 23 heavy (non-hydrogen) atoms. The summed E-state index contributed by atoms with van der Waals surface area (Å²) >= 11 is 0. The van der Waals surface area contributed by atoms with Crippen LogP contribution >= 0.6 is 0 Å². The summed E-state index contributed by atoms with van der Waals surface area (Å²) in [6.45, 7) is 0. The van der Waals surface area contributed by atoms with E-state index in [0.29, 0.717) is 5.56 Å². The number of aryl methyl sites for hydroxylation is 1. The average Bonchev–Trinajstić information content (AvgIpc) is 2.75. The molecule has 0 saturated heterocycles. The zero-order valence-corrected chi connectivity index (χ0v) is 12.7. The lowest BCUT2D eigenvalue weighted by atomic mass is 10.2. The molecule has 3 rings (SSSR count). The maximum Gasteiger partial charge on any atom is 0.419 e. The first-order valence-electron chi connectivity index (χ1n) is 6.54. The third-order valence-electron chi connectivity index (χ3n) is 3.45. The number of hydrogen-bond donors (Lipinski definition) is 0. The summed E-state index contributed by atoms with van der Waals surface area (Å²) in [6, 6.07) is 6.82. The predicted molar refractivity (Wildman–Crippen MR) is 78.7 cm³/mol. The molecule has 2 aromatic carbocycles. The topological polar surface area (TPSA) is 69.3 Å². The van der Waals surface area contributed by atoms with Gasteiger partial charge in [-0.15, -0.1) is 0 Å². The summed E-state index contributed by atoms with van der Waals surface area (Å²) in [6.07, 6.45) is 0. The highest BCUT2D eigenvalue weighted by Gasteiger charge is 2.23. The van der Waals surface area contributed by atoms with Crippen LogP contribution in [0.2, 0.25) is 0 Å². The number of benzene rings is 2. The van der Waals surface area contributed by atoms with Crippen LogP contribution in [0.5, 0.6) is 0 Å². The lowest BCUT2D eigenvalue weighted by molar-refractivity contribution is 0.524. The van der Waals surface area contributed by atoms with Crippen molar-refractivity contribution in [2.75, 3.05) is 0 Å². The summed E-state index contributed by atoms with van der Waals surface area (Å²) in [5.41, 5.74) is 0.469.